The number of nitrogens with one attached hydrogen (secondary N) is 1. The zero-order valence-electron chi connectivity index (χ0n) is 25.2. The molecular formula is C29H58N2O3Si2. The molecule has 0 atom stereocenters. The minimum atomic E-state index is -1.75. The minimum Gasteiger partial charge on any atom is -0.417 e. The summed E-state index contributed by atoms with van der Waals surface area (Å²) in [5.74, 6) is 0.0124. The van der Waals surface area contributed by atoms with Crippen LogP contribution >= 0.6 is 0 Å². The van der Waals surface area contributed by atoms with E-state index in [1.807, 2.05) is 30.3 Å². The molecule has 7 heteroatoms. The Morgan fingerprint density at radius 3 is 1.56 bits per heavy atom. The first-order chi connectivity index (χ1) is 16.9. The summed E-state index contributed by atoms with van der Waals surface area (Å²) in [5.41, 5.74) is 8.89. The van der Waals surface area contributed by atoms with Gasteiger partial charge in [-0.2, -0.15) is 0 Å². The van der Waals surface area contributed by atoms with E-state index in [2.05, 4.69) is 74.6 Å². The molecule has 0 bridgehead atoms. The van der Waals surface area contributed by atoms with Crippen LogP contribution in [-0.4, -0.2) is 48.8 Å². The van der Waals surface area contributed by atoms with Gasteiger partial charge in [0, 0.05) is 25.3 Å². The molecule has 0 aliphatic heterocycles. The van der Waals surface area contributed by atoms with Gasteiger partial charge in [0.05, 0.1) is 0 Å². The zero-order chi connectivity index (χ0) is 27.8. The molecule has 0 aliphatic carbocycles. The van der Waals surface area contributed by atoms with E-state index in [1.54, 1.807) is 0 Å². The molecule has 210 valence electrons. The molecule has 1 aromatic carbocycles. The lowest BCUT2D eigenvalue weighted by Crippen LogP contribution is -2.45. The summed E-state index contributed by atoms with van der Waals surface area (Å²) in [6, 6.07) is 11.7. The lowest BCUT2D eigenvalue weighted by Gasteiger charge is -2.38. The van der Waals surface area contributed by atoms with Gasteiger partial charge in [0.25, 0.3) is 5.91 Å². The molecule has 3 N–H and O–H groups in total. The van der Waals surface area contributed by atoms with Gasteiger partial charge >= 0.3 is 0 Å². The number of rotatable bonds is 16. The molecule has 36 heavy (non-hydrogen) atoms. The highest BCUT2D eigenvalue weighted by atomic mass is 28.4. The minimum absolute atomic E-state index is 0.0124. The largest absolute Gasteiger partial charge is 0.417 e. The summed E-state index contributed by atoms with van der Waals surface area (Å²) >= 11 is 0. The monoisotopic (exact) mass is 538 g/mol. The highest BCUT2D eigenvalue weighted by Gasteiger charge is 2.41. The highest BCUT2D eigenvalue weighted by Crippen LogP contribution is 2.38. The van der Waals surface area contributed by atoms with Crippen molar-refractivity contribution in [1.82, 2.24) is 5.32 Å². The van der Waals surface area contributed by atoms with Crippen molar-refractivity contribution >= 4 is 22.5 Å². The average molecular weight is 539 g/mol. The molecule has 1 rings (SSSR count). The topological polar surface area (TPSA) is 73.6 Å². The molecule has 0 heterocycles. The van der Waals surface area contributed by atoms with Crippen molar-refractivity contribution in [1.29, 1.82) is 0 Å². The van der Waals surface area contributed by atoms with E-state index < -0.39 is 16.6 Å². The Labute approximate surface area is 225 Å². The van der Waals surface area contributed by atoms with Crippen molar-refractivity contribution in [3.8, 4) is 0 Å². The normalized spacial score (nSPS) is 12.3. The molecule has 0 saturated heterocycles. The number of hydrogen-bond donors (Lipinski definition) is 2. The Morgan fingerprint density at radius 1 is 0.778 bits per heavy atom. The van der Waals surface area contributed by atoms with Gasteiger partial charge in [0.2, 0.25) is 0 Å². The van der Waals surface area contributed by atoms with Crippen molar-refractivity contribution in [3.05, 3.63) is 35.9 Å². The van der Waals surface area contributed by atoms with Gasteiger partial charge in [-0.25, -0.2) is 0 Å². The van der Waals surface area contributed by atoms with Gasteiger partial charge in [-0.15, -0.1) is 0 Å². The van der Waals surface area contributed by atoms with Crippen molar-refractivity contribution < 1.29 is 13.6 Å². The number of benzene rings is 1. The standard InChI is InChI=1S/C18H31NO2Si.C11H27NOSi/c1-6-21-22(15(2)3,16(4)5)14-10-13-19-18(20)17-11-8-7-9-12-17;1-6-13-14(10(2)3,11(4)5)9-7-8-12/h7-9,11-12,15-16H,6,10,13-14H2,1-5H3,(H,19,20);10-11H,6-9,12H2,1-5H3. The van der Waals surface area contributed by atoms with Crippen molar-refractivity contribution in [2.24, 2.45) is 5.73 Å². The van der Waals surface area contributed by atoms with Gasteiger partial charge < -0.3 is 19.9 Å². The van der Waals surface area contributed by atoms with Gasteiger partial charge in [-0.1, -0.05) is 73.6 Å². The van der Waals surface area contributed by atoms with Crippen molar-refractivity contribution in [2.45, 2.75) is 116 Å². The van der Waals surface area contributed by atoms with Crippen LogP contribution in [0, 0.1) is 0 Å². The molecule has 0 spiro atoms. The molecule has 1 aromatic rings. The quantitative estimate of drug-likeness (QED) is 0.167. The molecular weight excluding hydrogens is 481 g/mol. The van der Waals surface area contributed by atoms with E-state index >= 15 is 0 Å². The van der Waals surface area contributed by atoms with Crippen molar-refractivity contribution in [2.75, 3.05) is 26.3 Å². The maximum absolute atomic E-state index is 12.0. The highest BCUT2D eigenvalue weighted by molar-refractivity contribution is 6.76. The van der Waals surface area contributed by atoms with E-state index in [9.17, 15) is 4.79 Å². The van der Waals surface area contributed by atoms with Crippen LogP contribution in [-0.2, 0) is 8.85 Å². The first-order valence-corrected chi connectivity index (χ1v) is 18.8. The van der Waals surface area contributed by atoms with Crippen molar-refractivity contribution in [3.63, 3.8) is 0 Å². The number of amides is 1. The van der Waals surface area contributed by atoms with Crippen LogP contribution in [0.5, 0.6) is 0 Å². The number of carbonyl (C=O) groups excluding carboxylic acids is 1. The molecule has 1 amide bonds. The molecule has 0 aliphatic rings. The average Bonchev–Trinajstić information content (AvgIpc) is 2.83. The Morgan fingerprint density at radius 2 is 1.19 bits per heavy atom. The first-order valence-electron chi connectivity index (χ1n) is 14.3. The van der Waals surface area contributed by atoms with Gasteiger partial charge in [-0.05, 0) is 79.6 Å². The predicted molar refractivity (Wildman–Crippen MR) is 162 cm³/mol. The molecule has 0 fully saturated rings. The summed E-state index contributed by atoms with van der Waals surface area (Å²) < 4.78 is 12.4. The Hall–Kier alpha value is -0.996. The second-order valence-electron chi connectivity index (χ2n) is 11.0. The fraction of sp³-hybridized carbons (Fsp3) is 0.759. The summed E-state index contributed by atoms with van der Waals surface area (Å²) in [6.07, 6.45) is 2.10. The molecule has 0 radical (unpaired) electrons. The predicted octanol–water partition coefficient (Wildman–Crippen LogP) is 7.75. The third kappa shape index (κ3) is 10.8. The summed E-state index contributed by atoms with van der Waals surface area (Å²) in [7, 11) is -3.30. The van der Waals surface area contributed by atoms with Crippen LogP contribution in [0.4, 0.5) is 0 Å². The van der Waals surface area contributed by atoms with Gasteiger partial charge in [-0.3, -0.25) is 4.79 Å². The van der Waals surface area contributed by atoms with Crippen LogP contribution in [0.3, 0.4) is 0 Å². The fourth-order valence-corrected chi connectivity index (χ4v) is 14.6. The number of nitrogens with two attached hydrogens (primary N) is 1. The Balaban J connectivity index is 0.000000757. The summed E-state index contributed by atoms with van der Waals surface area (Å²) in [6.45, 7) is 25.7. The van der Waals surface area contributed by atoms with E-state index in [1.165, 1.54) is 6.04 Å². The lowest BCUT2D eigenvalue weighted by molar-refractivity contribution is 0.0953. The second-order valence-corrected chi connectivity index (χ2v) is 21.0. The fourth-order valence-electron chi connectivity index (χ4n) is 5.47. The number of carbonyl (C=O) groups is 1. The Kier molecular flexibility index (Phi) is 17.8. The zero-order valence-corrected chi connectivity index (χ0v) is 27.2. The molecule has 0 aromatic heterocycles. The van der Waals surface area contributed by atoms with Crippen LogP contribution in [0.25, 0.3) is 0 Å². The summed E-state index contributed by atoms with van der Waals surface area (Å²) in [5, 5.41) is 3.02. The van der Waals surface area contributed by atoms with E-state index in [-0.39, 0.29) is 5.91 Å². The summed E-state index contributed by atoms with van der Waals surface area (Å²) in [4.78, 5) is 12.0. The van der Waals surface area contributed by atoms with Gasteiger partial charge in [0.1, 0.15) is 0 Å². The molecule has 5 nitrogen and oxygen atoms in total. The molecule has 0 saturated carbocycles. The third-order valence-corrected chi connectivity index (χ3v) is 19.3. The third-order valence-electron chi connectivity index (χ3n) is 7.57. The van der Waals surface area contributed by atoms with E-state index in [4.69, 9.17) is 14.6 Å². The maximum atomic E-state index is 12.0. The second kappa shape index (κ2) is 18.3. The van der Waals surface area contributed by atoms with Crippen LogP contribution in [0.2, 0.25) is 34.3 Å². The lowest BCUT2D eigenvalue weighted by atomic mass is 10.2. The van der Waals surface area contributed by atoms with Gasteiger partial charge in [0.15, 0.2) is 16.6 Å². The van der Waals surface area contributed by atoms with Crippen LogP contribution in [0.15, 0.2) is 30.3 Å². The SMILES string of the molecule is CCO[Si](CCCN)(C(C)C)C(C)C.CCO[Si](CCCNC(=O)c1ccccc1)(C(C)C)C(C)C. The van der Waals surface area contributed by atoms with Crippen LogP contribution in [0.1, 0.15) is 92.4 Å². The van der Waals surface area contributed by atoms with E-state index in [0.717, 1.165) is 50.8 Å². The smallest absolute Gasteiger partial charge is 0.251 e. The molecule has 0 unspecified atom stereocenters. The first kappa shape index (κ1) is 35.0. The Bertz CT molecular complexity index is 681. The number of hydrogen-bond acceptors (Lipinski definition) is 4. The maximum Gasteiger partial charge on any atom is 0.251 e. The van der Waals surface area contributed by atoms with Crippen LogP contribution < -0.4 is 11.1 Å². The van der Waals surface area contributed by atoms with E-state index in [0.29, 0.717) is 22.2 Å².